The highest BCUT2D eigenvalue weighted by atomic mass is 32.1. The van der Waals surface area contributed by atoms with Gasteiger partial charge in [-0.2, -0.15) is 5.10 Å². The number of hydrazone groups is 1. The summed E-state index contributed by atoms with van der Waals surface area (Å²) in [5, 5.41) is 4.61. The van der Waals surface area contributed by atoms with Gasteiger partial charge in [-0.3, -0.25) is 5.43 Å². The number of nitrogens with one attached hydrogen (secondary N) is 2. The second-order valence-corrected chi connectivity index (χ2v) is 3.62. The quantitative estimate of drug-likeness (QED) is 0.420. The largest absolute Gasteiger partial charge is 0.375 e. The smallest absolute Gasteiger partial charge is 0.184 e. The van der Waals surface area contributed by atoms with Crippen molar-refractivity contribution in [3.8, 4) is 0 Å². The van der Waals surface area contributed by atoms with Crippen LogP contribution in [0.25, 0.3) is 10.9 Å². The normalized spacial score (nSPS) is 11.1. The monoisotopic (exact) mass is 236 g/mol. The highest BCUT2D eigenvalue weighted by molar-refractivity contribution is 7.80. The van der Waals surface area contributed by atoms with E-state index in [0.29, 0.717) is 11.1 Å². The van der Waals surface area contributed by atoms with E-state index in [9.17, 15) is 4.39 Å². The van der Waals surface area contributed by atoms with Crippen LogP contribution in [0.1, 0.15) is 5.56 Å². The maximum Gasteiger partial charge on any atom is 0.184 e. The Bertz CT molecular complexity index is 561. The summed E-state index contributed by atoms with van der Waals surface area (Å²) in [6, 6.07) is 4.97. The van der Waals surface area contributed by atoms with E-state index >= 15 is 0 Å². The first-order valence-corrected chi connectivity index (χ1v) is 4.93. The Hall–Kier alpha value is -1.95. The number of benzene rings is 1. The van der Waals surface area contributed by atoms with Gasteiger partial charge in [0.25, 0.3) is 0 Å². The number of hydrogen-bond acceptors (Lipinski definition) is 2. The molecule has 1 heterocycles. The summed E-state index contributed by atoms with van der Waals surface area (Å²) >= 11 is 4.57. The van der Waals surface area contributed by atoms with Crippen LogP contribution in [-0.2, 0) is 0 Å². The number of hydrogen-bond donors (Lipinski definition) is 3. The third-order valence-electron chi connectivity index (χ3n) is 2.02. The van der Waals surface area contributed by atoms with Crippen LogP contribution in [0.4, 0.5) is 4.39 Å². The van der Waals surface area contributed by atoms with E-state index in [1.165, 1.54) is 12.3 Å². The fourth-order valence-electron chi connectivity index (χ4n) is 1.39. The molecule has 0 bridgehead atoms. The van der Waals surface area contributed by atoms with Gasteiger partial charge in [0.15, 0.2) is 5.11 Å². The SMILES string of the molecule is NC(=S)NN=Cc1cc(F)c2[nH]ccc2c1. The van der Waals surface area contributed by atoms with Crippen molar-refractivity contribution < 1.29 is 4.39 Å². The summed E-state index contributed by atoms with van der Waals surface area (Å²) in [6.45, 7) is 0. The number of nitrogens with two attached hydrogens (primary N) is 1. The molecule has 0 atom stereocenters. The Morgan fingerprint density at radius 3 is 3.12 bits per heavy atom. The van der Waals surface area contributed by atoms with Crippen LogP contribution in [0.15, 0.2) is 29.5 Å². The minimum atomic E-state index is -0.320. The molecule has 16 heavy (non-hydrogen) atoms. The lowest BCUT2D eigenvalue weighted by atomic mass is 10.1. The number of aromatic amines is 1. The summed E-state index contributed by atoms with van der Waals surface area (Å²) in [5.41, 5.74) is 8.71. The summed E-state index contributed by atoms with van der Waals surface area (Å²) in [6.07, 6.45) is 3.14. The minimum Gasteiger partial charge on any atom is -0.375 e. The van der Waals surface area contributed by atoms with E-state index in [4.69, 9.17) is 5.73 Å². The van der Waals surface area contributed by atoms with Crippen molar-refractivity contribution in [2.24, 2.45) is 10.8 Å². The zero-order chi connectivity index (χ0) is 11.5. The van der Waals surface area contributed by atoms with Gasteiger partial charge in [-0.1, -0.05) is 0 Å². The van der Waals surface area contributed by atoms with Crippen LogP contribution in [0.5, 0.6) is 0 Å². The molecule has 0 unspecified atom stereocenters. The molecule has 2 aromatic rings. The highest BCUT2D eigenvalue weighted by Crippen LogP contribution is 2.17. The highest BCUT2D eigenvalue weighted by Gasteiger charge is 2.02. The van der Waals surface area contributed by atoms with Crippen LogP contribution in [-0.4, -0.2) is 16.3 Å². The van der Waals surface area contributed by atoms with Gasteiger partial charge >= 0.3 is 0 Å². The van der Waals surface area contributed by atoms with Crippen LogP contribution in [0.3, 0.4) is 0 Å². The van der Waals surface area contributed by atoms with Crippen molar-refractivity contribution in [3.05, 3.63) is 35.8 Å². The van der Waals surface area contributed by atoms with Crippen LogP contribution < -0.4 is 11.2 Å². The molecule has 82 valence electrons. The molecule has 0 aliphatic carbocycles. The number of aromatic nitrogens is 1. The number of rotatable bonds is 2. The predicted octanol–water partition coefficient (Wildman–Crippen LogP) is 1.47. The molecule has 0 fully saturated rings. The van der Waals surface area contributed by atoms with E-state index in [2.05, 4.69) is 27.7 Å². The molecule has 4 nitrogen and oxygen atoms in total. The number of thiocarbonyl (C=S) groups is 1. The Balaban J connectivity index is 2.31. The fourth-order valence-corrected chi connectivity index (χ4v) is 1.45. The number of nitrogens with zero attached hydrogens (tertiary/aromatic N) is 1. The summed E-state index contributed by atoms with van der Waals surface area (Å²) in [4.78, 5) is 2.81. The van der Waals surface area contributed by atoms with Crippen LogP contribution in [0, 0.1) is 5.82 Å². The van der Waals surface area contributed by atoms with Gasteiger partial charge in [0.05, 0.1) is 11.7 Å². The lowest BCUT2D eigenvalue weighted by Crippen LogP contribution is -2.23. The number of halogens is 1. The van der Waals surface area contributed by atoms with E-state index in [1.807, 2.05) is 0 Å². The van der Waals surface area contributed by atoms with Gasteiger partial charge in [0.2, 0.25) is 0 Å². The molecule has 0 saturated heterocycles. The fraction of sp³-hybridized carbons (Fsp3) is 0. The summed E-state index contributed by atoms with van der Waals surface area (Å²) in [5.74, 6) is -0.320. The van der Waals surface area contributed by atoms with Gasteiger partial charge < -0.3 is 10.7 Å². The van der Waals surface area contributed by atoms with Crippen molar-refractivity contribution in [1.29, 1.82) is 0 Å². The maximum absolute atomic E-state index is 13.5. The van der Waals surface area contributed by atoms with Gasteiger partial charge in [-0.05, 0) is 36.0 Å². The lowest BCUT2D eigenvalue weighted by molar-refractivity contribution is 0.637. The van der Waals surface area contributed by atoms with E-state index in [1.54, 1.807) is 18.3 Å². The minimum absolute atomic E-state index is 0.0689. The van der Waals surface area contributed by atoms with Gasteiger partial charge in [0, 0.05) is 11.6 Å². The standard InChI is InChI=1S/C10H9FN4S/c11-8-4-6(5-14-15-10(12)16)3-7-1-2-13-9(7)8/h1-5,13H,(H3,12,15,16). The average Bonchev–Trinajstić information content (AvgIpc) is 2.65. The molecule has 0 amide bonds. The molecule has 2 rings (SSSR count). The van der Waals surface area contributed by atoms with E-state index in [0.717, 1.165) is 5.39 Å². The zero-order valence-corrected chi connectivity index (χ0v) is 9.01. The Morgan fingerprint density at radius 2 is 2.38 bits per heavy atom. The molecule has 1 aromatic carbocycles. The van der Waals surface area contributed by atoms with Crippen LogP contribution >= 0.6 is 12.2 Å². The summed E-state index contributed by atoms with van der Waals surface area (Å²) in [7, 11) is 0. The van der Waals surface area contributed by atoms with Gasteiger partial charge in [-0.15, -0.1) is 0 Å². The average molecular weight is 236 g/mol. The number of fused-ring (bicyclic) bond motifs is 1. The second-order valence-electron chi connectivity index (χ2n) is 3.18. The molecular weight excluding hydrogens is 227 g/mol. The molecule has 1 aromatic heterocycles. The first kappa shape index (κ1) is 10.6. The lowest BCUT2D eigenvalue weighted by Gasteiger charge is -1.97. The van der Waals surface area contributed by atoms with Crippen molar-refractivity contribution in [2.45, 2.75) is 0 Å². The second kappa shape index (κ2) is 4.28. The molecule has 0 aliphatic heterocycles. The van der Waals surface area contributed by atoms with Gasteiger partial charge in [0.1, 0.15) is 5.82 Å². The third-order valence-corrected chi connectivity index (χ3v) is 2.11. The first-order chi connectivity index (χ1) is 7.66. The number of H-pyrrole nitrogens is 1. The molecule has 0 aliphatic rings. The maximum atomic E-state index is 13.5. The first-order valence-electron chi connectivity index (χ1n) is 4.52. The molecule has 0 saturated carbocycles. The molecule has 6 heteroatoms. The molecule has 0 radical (unpaired) electrons. The van der Waals surface area contributed by atoms with Gasteiger partial charge in [-0.25, -0.2) is 4.39 Å². The van der Waals surface area contributed by atoms with E-state index < -0.39 is 0 Å². The topological polar surface area (TPSA) is 66.2 Å². The molecular formula is C10H9FN4S. The Labute approximate surface area is 96.3 Å². The van der Waals surface area contributed by atoms with E-state index in [-0.39, 0.29) is 10.9 Å². The Kier molecular flexibility index (Phi) is 2.82. The van der Waals surface area contributed by atoms with Crippen molar-refractivity contribution in [2.75, 3.05) is 0 Å². The molecule has 4 N–H and O–H groups in total. The van der Waals surface area contributed by atoms with Crippen molar-refractivity contribution in [1.82, 2.24) is 10.4 Å². The zero-order valence-electron chi connectivity index (χ0n) is 8.20. The Morgan fingerprint density at radius 1 is 1.56 bits per heavy atom. The summed E-state index contributed by atoms with van der Waals surface area (Å²) < 4.78 is 13.5. The van der Waals surface area contributed by atoms with Crippen molar-refractivity contribution in [3.63, 3.8) is 0 Å². The molecule has 0 spiro atoms. The predicted molar refractivity (Wildman–Crippen MR) is 65.8 cm³/mol. The third kappa shape index (κ3) is 2.17. The van der Waals surface area contributed by atoms with Crippen LogP contribution in [0.2, 0.25) is 0 Å². The van der Waals surface area contributed by atoms with Crippen molar-refractivity contribution >= 4 is 34.4 Å².